The Balaban J connectivity index is 2.83. The molecule has 0 saturated carbocycles. The molecule has 0 aliphatic rings. The molecule has 2 aromatic rings. The first-order valence-corrected chi connectivity index (χ1v) is 3.68. The van der Waals surface area contributed by atoms with Crippen molar-refractivity contribution in [2.45, 2.75) is 6.92 Å². The Hall–Kier alpha value is -1.37. The second-order valence-corrected chi connectivity index (χ2v) is 2.70. The summed E-state index contributed by atoms with van der Waals surface area (Å²) in [6.45, 7) is 2.09. The molecule has 1 aromatic heterocycles. The molecule has 0 fully saturated rings. The highest BCUT2D eigenvalue weighted by atomic mass is 14.6. The molecule has 0 aliphatic carbocycles. The van der Waals surface area contributed by atoms with Gasteiger partial charge in [0.05, 0.1) is 5.52 Å². The number of rotatable bonds is 0. The van der Waals surface area contributed by atoms with Crippen LogP contribution in [0.2, 0.25) is 0 Å². The Labute approximate surface area is 65.7 Å². The summed E-state index contributed by atoms with van der Waals surface area (Å²) in [5, 5.41) is 1.22. The first-order chi connectivity index (χ1) is 5.36. The summed E-state index contributed by atoms with van der Waals surface area (Å²) in [5.41, 5.74) is 2.35. The minimum absolute atomic E-state index is 1.07. The molecule has 1 nitrogen and oxygen atoms in total. The predicted molar refractivity (Wildman–Crippen MR) is 46.5 cm³/mol. The van der Waals surface area contributed by atoms with Crippen LogP contribution in [0.15, 0.2) is 36.5 Å². The Morgan fingerprint density at radius 2 is 2.09 bits per heavy atom. The Bertz CT molecular complexity index is 379. The lowest BCUT2D eigenvalue weighted by Gasteiger charge is -1.95. The fraction of sp³-hybridized carbons (Fsp3) is 0.100. The lowest BCUT2D eigenvalue weighted by molar-refractivity contribution is 1.39. The van der Waals surface area contributed by atoms with Crippen molar-refractivity contribution in [1.82, 2.24) is 4.98 Å². The third-order valence-electron chi connectivity index (χ3n) is 1.76. The number of benzene rings is 1. The predicted octanol–water partition coefficient (Wildman–Crippen LogP) is 2.54. The number of aromatic nitrogens is 1. The van der Waals surface area contributed by atoms with E-state index in [0.717, 1.165) is 5.52 Å². The molecule has 0 radical (unpaired) electrons. The van der Waals surface area contributed by atoms with Gasteiger partial charge in [0.25, 0.3) is 0 Å². The van der Waals surface area contributed by atoms with Gasteiger partial charge in [0, 0.05) is 11.6 Å². The first kappa shape index (κ1) is 6.35. The maximum Gasteiger partial charge on any atom is 0.0702 e. The van der Waals surface area contributed by atoms with Crippen molar-refractivity contribution in [3.8, 4) is 0 Å². The zero-order valence-electron chi connectivity index (χ0n) is 6.41. The van der Waals surface area contributed by atoms with Gasteiger partial charge >= 0.3 is 0 Å². The summed E-state index contributed by atoms with van der Waals surface area (Å²) >= 11 is 0. The standard InChI is InChI=1S/C10H9N/c1-8-4-5-10-9(7-8)3-2-6-11-10/h2-7H,1H3/i1-1. The van der Waals surface area contributed by atoms with Gasteiger partial charge < -0.3 is 0 Å². The number of pyridine rings is 1. The van der Waals surface area contributed by atoms with Gasteiger partial charge in [-0.2, -0.15) is 0 Å². The van der Waals surface area contributed by atoms with E-state index in [0.29, 0.717) is 0 Å². The number of fused-ring (bicyclic) bond motifs is 1. The van der Waals surface area contributed by atoms with Crippen molar-refractivity contribution in [2.24, 2.45) is 0 Å². The van der Waals surface area contributed by atoms with Crippen LogP contribution < -0.4 is 0 Å². The highest BCUT2D eigenvalue weighted by Crippen LogP contribution is 2.11. The highest BCUT2D eigenvalue weighted by Gasteiger charge is 1.90. The second-order valence-electron chi connectivity index (χ2n) is 2.70. The number of hydrogen-bond donors (Lipinski definition) is 0. The lowest BCUT2D eigenvalue weighted by Crippen LogP contribution is -1.77. The lowest BCUT2D eigenvalue weighted by atomic mass is 10.0. The first-order valence-electron chi connectivity index (χ1n) is 3.68. The molecule has 0 unspecified atom stereocenters. The smallest absolute Gasteiger partial charge is 0.0702 e. The van der Waals surface area contributed by atoms with Gasteiger partial charge in [-0.3, -0.25) is 4.98 Å². The van der Waals surface area contributed by atoms with E-state index in [1.165, 1.54) is 10.9 Å². The molecule has 1 aromatic carbocycles. The van der Waals surface area contributed by atoms with Gasteiger partial charge in [0.15, 0.2) is 0 Å². The van der Waals surface area contributed by atoms with Crippen molar-refractivity contribution < 1.29 is 0 Å². The van der Waals surface area contributed by atoms with Crippen LogP contribution in [0.5, 0.6) is 0 Å². The van der Waals surface area contributed by atoms with E-state index in [4.69, 9.17) is 0 Å². The van der Waals surface area contributed by atoms with Crippen molar-refractivity contribution in [2.75, 3.05) is 0 Å². The molecule has 2 rings (SSSR count). The zero-order chi connectivity index (χ0) is 7.68. The highest BCUT2D eigenvalue weighted by molar-refractivity contribution is 5.78. The van der Waals surface area contributed by atoms with Gasteiger partial charge in [0.2, 0.25) is 0 Å². The van der Waals surface area contributed by atoms with Crippen LogP contribution in [0.4, 0.5) is 0 Å². The van der Waals surface area contributed by atoms with Gasteiger partial charge in [-0.15, -0.1) is 0 Å². The molecule has 0 saturated heterocycles. The van der Waals surface area contributed by atoms with E-state index in [1.807, 2.05) is 18.3 Å². The molecule has 54 valence electrons. The summed E-state index contributed by atoms with van der Waals surface area (Å²) in [6.07, 6.45) is 1.82. The summed E-state index contributed by atoms with van der Waals surface area (Å²) in [5.74, 6) is 0. The van der Waals surface area contributed by atoms with Crippen LogP contribution in [-0.2, 0) is 0 Å². The van der Waals surface area contributed by atoms with Crippen molar-refractivity contribution in [3.63, 3.8) is 0 Å². The SMILES string of the molecule is [11CH3]c1ccc2ncccc2c1. The maximum absolute atomic E-state index is 4.22. The average molecular weight is 142 g/mol. The fourth-order valence-corrected chi connectivity index (χ4v) is 1.20. The molecular weight excluding hydrogens is 133 g/mol. The minimum Gasteiger partial charge on any atom is -0.256 e. The Morgan fingerprint density at radius 1 is 1.18 bits per heavy atom. The number of hydrogen-bond acceptors (Lipinski definition) is 1. The van der Waals surface area contributed by atoms with E-state index >= 15 is 0 Å². The summed E-state index contributed by atoms with van der Waals surface area (Å²) in [4.78, 5) is 4.22. The third-order valence-corrected chi connectivity index (χ3v) is 1.76. The van der Waals surface area contributed by atoms with Crippen LogP contribution in [0.25, 0.3) is 10.9 Å². The maximum atomic E-state index is 4.22. The van der Waals surface area contributed by atoms with Crippen LogP contribution in [0.1, 0.15) is 5.56 Å². The molecule has 1 heteroatoms. The molecule has 0 spiro atoms. The van der Waals surface area contributed by atoms with E-state index in [1.54, 1.807) is 0 Å². The zero-order valence-corrected chi connectivity index (χ0v) is 6.41. The van der Waals surface area contributed by atoms with Crippen LogP contribution in [-0.4, -0.2) is 4.98 Å². The van der Waals surface area contributed by atoms with E-state index in [2.05, 4.69) is 30.1 Å². The van der Waals surface area contributed by atoms with Crippen molar-refractivity contribution in [3.05, 3.63) is 42.1 Å². The monoisotopic (exact) mass is 142 g/mol. The van der Waals surface area contributed by atoms with Gasteiger partial charge in [-0.1, -0.05) is 17.7 Å². The summed E-state index contributed by atoms with van der Waals surface area (Å²) in [7, 11) is 0. The summed E-state index contributed by atoms with van der Waals surface area (Å²) in [6, 6.07) is 10.3. The molecule has 0 N–H and O–H groups in total. The average Bonchev–Trinajstić information content (AvgIpc) is 2.04. The van der Waals surface area contributed by atoms with Crippen molar-refractivity contribution >= 4 is 10.9 Å². The van der Waals surface area contributed by atoms with Gasteiger partial charge in [-0.25, -0.2) is 0 Å². The quantitative estimate of drug-likeness (QED) is 0.550. The van der Waals surface area contributed by atoms with Crippen LogP contribution in [0, 0.1) is 6.92 Å². The Kier molecular flexibility index (Phi) is 1.35. The van der Waals surface area contributed by atoms with Gasteiger partial charge in [-0.05, 0) is 25.1 Å². The Morgan fingerprint density at radius 3 is 3.00 bits per heavy atom. The second kappa shape index (κ2) is 2.35. The molecular formula is C10H9N. The number of nitrogens with zero attached hydrogens (tertiary/aromatic N) is 1. The largest absolute Gasteiger partial charge is 0.256 e. The molecule has 0 amide bonds. The minimum atomic E-state index is 1.07. The number of aryl methyl sites for hydroxylation is 1. The van der Waals surface area contributed by atoms with Crippen LogP contribution >= 0.6 is 0 Å². The van der Waals surface area contributed by atoms with Crippen LogP contribution in [0.3, 0.4) is 0 Å². The molecule has 0 aliphatic heterocycles. The topological polar surface area (TPSA) is 12.9 Å². The van der Waals surface area contributed by atoms with E-state index in [-0.39, 0.29) is 0 Å². The van der Waals surface area contributed by atoms with E-state index < -0.39 is 0 Å². The molecule has 1 heterocycles. The fourth-order valence-electron chi connectivity index (χ4n) is 1.20. The van der Waals surface area contributed by atoms with E-state index in [9.17, 15) is 0 Å². The van der Waals surface area contributed by atoms with Gasteiger partial charge in [0.1, 0.15) is 0 Å². The summed E-state index contributed by atoms with van der Waals surface area (Å²) < 4.78 is 0. The third kappa shape index (κ3) is 1.09. The molecule has 0 bridgehead atoms. The molecule has 11 heavy (non-hydrogen) atoms. The normalized spacial score (nSPS) is 10.3. The molecule has 0 atom stereocenters. The van der Waals surface area contributed by atoms with Crippen molar-refractivity contribution in [1.29, 1.82) is 0 Å².